The number of aliphatic hydroxyl groups is 1. The average Bonchev–Trinajstić information content (AvgIpc) is 2.94. The van der Waals surface area contributed by atoms with Crippen LogP contribution in [0.3, 0.4) is 0 Å². The highest BCUT2D eigenvalue weighted by Crippen LogP contribution is 2.05. The molecule has 0 saturated carbocycles. The molecule has 1 heterocycles. The molecule has 88 valence electrons. The van der Waals surface area contributed by atoms with E-state index in [4.69, 9.17) is 9.84 Å². The van der Waals surface area contributed by atoms with E-state index in [1.165, 1.54) is 0 Å². The number of rotatable bonds is 5. The third-order valence-electron chi connectivity index (χ3n) is 2.79. The summed E-state index contributed by atoms with van der Waals surface area (Å²) in [7, 11) is 0. The van der Waals surface area contributed by atoms with E-state index in [0.717, 1.165) is 11.4 Å². The lowest BCUT2D eigenvalue weighted by Crippen LogP contribution is -3.05. The zero-order valence-corrected chi connectivity index (χ0v) is 10.0. The van der Waals surface area contributed by atoms with Gasteiger partial charge in [0.25, 0.3) is 0 Å². The average molecular weight is 216 g/mol. The van der Waals surface area contributed by atoms with E-state index in [2.05, 4.69) is 0 Å². The molecule has 1 fully saturated rings. The zero-order chi connectivity index (χ0) is 11.6. The Labute approximate surface area is 91.2 Å². The van der Waals surface area contributed by atoms with Gasteiger partial charge in [0.15, 0.2) is 0 Å². The van der Waals surface area contributed by atoms with E-state index >= 15 is 0 Å². The number of hydrogen-bond donors (Lipinski definition) is 2. The Morgan fingerprint density at radius 2 is 2.20 bits per heavy atom. The predicted octanol–water partition coefficient (Wildman–Crippen LogP) is -0.776. The lowest BCUT2D eigenvalue weighted by Gasteiger charge is -2.20. The molecule has 4 nitrogen and oxygen atoms in total. The Hall–Kier alpha value is -0.610. The Morgan fingerprint density at radius 1 is 1.60 bits per heavy atom. The van der Waals surface area contributed by atoms with E-state index in [1.54, 1.807) is 0 Å². The minimum atomic E-state index is -0.235. The first-order valence-corrected chi connectivity index (χ1v) is 5.52. The number of aliphatic hydroxyl groups excluding tert-OH is 1. The standard InChI is InChI=1S/C11H21NO3/c1-8(2)6-15-10(14)9-5-12(9)11(3,4)7-13/h8-9,13H,5-7H2,1-4H3/p+1/t9-,12?/m1/s1. The van der Waals surface area contributed by atoms with Gasteiger partial charge in [-0.2, -0.15) is 0 Å². The molecule has 4 heteroatoms. The van der Waals surface area contributed by atoms with Crippen molar-refractivity contribution >= 4 is 5.97 Å². The first kappa shape index (κ1) is 12.5. The number of esters is 1. The van der Waals surface area contributed by atoms with Gasteiger partial charge in [-0.3, -0.25) is 0 Å². The molecule has 2 atom stereocenters. The fraction of sp³-hybridized carbons (Fsp3) is 0.909. The monoisotopic (exact) mass is 216 g/mol. The molecule has 1 saturated heterocycles. The van der Waals surface area contributed by atoms with Gasteiger partial charge in [0, 0.05) is 0 Å². The van der Waals surface area contributed by atoms with Crippen molar-refractivity contribution in [3.63, 3.8) is 0 Å². The number of hydrogen-bond acceptors (Lipinski definition) is 3. The molecule has 2 N–H and O–H groups in total. The maximum atomic E-state index is 11.6. The summed E-state index contributed by atoms with van der Waals surface area (Å²) in [6.45, 7) is 9.31. The van der Waals surface area contributed by atoms with Crippen molar-refractivity contribution in [3.05, 3.63) is 0 Å². The van der Waals surface area contributed by atoms with Crippen LogP contribution in [0.25, 0.3) is 0 Å². The van der Waals surface area contributed by atoms with E-state index in [-0.39, 0.29) is 24.2 Å². The second-order valence-corrected chi connectivity index (χ2v) is 5.35. The highest BCUT2D eigenvalue weighted by atomic mass is 16.5. The van der Waals surface area contributed by atoms with Crippen molar-refractivity contribution in [2.45, 2.75) is 39.3 Å². The molecular formula is C11H22NO3+. The molecule has 0 aromatic carbocycles. The van der Waals surface area contributed by atoms with Gasteiger partial charge in [0.05, 0.1) is 13.2 Å². The largest absolute Gasteiger partial charge is 0.461 e. The van der Waals surface area contributed by atoms with E-state index in [9.17, 15) is 4.79 Å². The summed E-state index contributed by atoms with van der Waals surface area (Å²) < 4.78 is 5.16. The smallest absolute Gasteiger partial charge is 0.371 e. The van der Waals surface area contributed by atoms with Crippen LogP contribution in [0.4, 0.5) is 0 Å². The Balaban J connectivity index is 2.34. The van der Waals surface area contributed by atoms with Gasteiger partial charge in [-0.15, -0.1) is 0 Å². The molecule has 15 heavy (non-hydrogen) atoms. The van der Waals surface area contributed by atoms with Gasteiger partial charge in [-0.05, 0) is 19.8 Å². The van der Waals surface area contributed by atoms with Crippen molar-refractivity contribution in [2.24, 2.45) is 5.92 Å². The SMILES string of the molecule is CC(C)COC(=O)[C@H]1C[NH+]1C(C)(C)CO. The van der Waals surface area contributed by atoms with Crippen LogP contribution in [0.5, 0.6) is 0 Å². The third kappa shape index (κ3) is 3.18. The minimum absolute atomic E-state index is 0.0640. The molecule has 1 unspecified atom stereocenters. The number of quaternary nitrogens is 1. The van der Waals surface area contributed by atoms with Crippen molar-refractivity contribution in [1.29, 1.82) is 0 Å². The Morgan fingerprint density at radius 3 is 2.67 bits per heavy atom. The minimum Gasteiger partial charge on any atom is -0.461 e. The van der Waals surface area contributed by atoms with E-state index in [1.807, 2.05) is 27.7 Å². The summed E-state index contributed by atoms with van der Waals surface area (Å²) in [6.07, 6.45) is 0. The van der Waals surface area contributed by atoms with Gasteiger partial charge in [0.1, 0.15) is 12.1 Å². The van der Waals surface area contributed by atoms with E-state index in [0.29, 0.717) is 12.5 Å². The fourth-order valence-corrected chi connectivity index (χ4v) is 1.59. The van der Waals surface area contributed by atoms with Crippen LogP contribution < -0.4 is 4.90 Å². The molecule has 1 aliphatic rings. The molecule has 0 spiro atoms. The van der Waals surface area contributed by atoms with Crippen molar-refractivity contribution < 1.29 is 19.5 Å². The summed E-state index contributed by atoms with van der Waals surface area (Å²) in [5.41, 5.74) is -0.235. The van der Waals surface area contributed by atoms with Crippen molar-refractivity contribution in [3.8, 4) is 0 Å². The van der Waals surface area contributed by atoms with Crippen molar-refractivity contribution in [1.82, 2.24) is 0 Å². The molecule has 0 radical (unpaired) electrons. The Bertz CT molecular complexity index is 238. The number of ether oxygens (including phenoxy) is 1. The zero-order valence-electron chi connectivity index (χ0n) is 10.0. The second-order valence-electron chi connectivity index (χ2n) is 5.35. The lowest BCUT2D eigenvalue weighted by atomic mass is 10.1. The van der Waals surface area contributed by atoms with Gasteiger partial charge >= 0.3 is 5.97 Å². The molecule has 0 amide bonds. The molecule has 0 aromatic rings. The molecule has 1 rings (SSSR count). The fourth-order valence-electron chi connectivity index (χ4n) is 1.59. The number of carbonyl (C=O) groups excluding carboxylic acids is 1. The van der Waals surface area contributed by atoms with Gasteiger partial charge < -0.3 is 14.7 Å². The van der Waals surface area contributed by atoms with Gasteiger partial charge in [0.2, 0.25) is 6.04 Å². The van der Waals surface area contributed by atoms with Crippen molar-refractivity contribution in [2.75, 3.05) is 19.8 Å². The summed E-state index contributed by atoms with van der Waals surface area (Å²) in [4.78, 5) is 12.7. The van der Waals surface area contributed by atoms with Crippen LogP contribution in [0.1, 0.15) is 27.7 Å². The maximum absolute atomic E-state index is 11.6. The predicted molar refractivity (Wildman–Crippen MR) is 56.6 cm³/mol. The molecule has 1 aliphatic heterocycles. The summed E-state index contributed by atoms with van der Waals surface area (Å²) in [6, 6.07) is -0.0640. The highest BCUT2D eigenvalue weighted by molar-refractivity contribution is 5.76. The van der Waals surface area contributed by atoms with Crippen LogP contribution in [0.15, 0.2) is 0 Å². The topological polar surface area (TPSA) is 51.0 Å². The van der Waals surface area contributed by atoms with Crippen LogP contribution >= 0.6 is 0 Å². The van der Waals surface area contributed by atoms with Crippen LogP contribution in [0, 0.1) is 5.92 Å². The summed E-state index contributed by atoms with van der Waals surface area (Å²) >= 11 is 0. The summed E-state index contributed by atoms with van der Waals surface area (Å²) in [5.74, 6) is 0.252. The second kappa shape index (κ2) is 4.49. The normalized spacial score (nSPS) is 25.5. The summed E-state index contributed by atoms with van der Waals surface area (Å²) in [5, 5.41) is 9.15. The Kier molecular flexibility index (Phi) is 3.73. The van der Waals surface area contributed by atoms with Crippen LogP contribution in [-0.2, 0) is 9.53 Å². The number of carbonyl (C=O) groups is 1. The number of nitrogens with one attached hydrogen (secondary N) is 1. The quantitative estimate of drug-likeness (QED) is 0.468. The van der Waals surface area contributed by atoms with Crippen LogP contribution in [-0.4, -0.2) is 42.4 Å². The third-order valence-corrected chi connectivity index (χ3v) is 2.79. The van der Waals surface area contributed by atoms with Crippen LogP contribution in [0.2, 0.25) is 0 Å². The highest BCUT2D eigenvalue weighted by Gasteiger charge is 2.55. The molecule has 0 aliphatic carbocycles. The lowest BCUT2D eigenvalue weighted by molar-refractivity contribution is -0.829. The molecule has 0 aromatic heterocycles. The maximum Gasteiger partial charge on any atom is 0.371 e. The first-order chi connectivity index (χ1) is 6.88. The van der Waals surface area contributed by atoms with Gasteiger partial charge in [-0.1, -0.05) is 13.8 Å². The molecule has 0 bridgehead atoms. The van der Waals surface area contributed by atoms with Gasteiger partial charge in [-0.25, -0.2) is 4.79 Å². The molecular weight excluding hydrogens is 194 g/mol. The van der Waals surface area contributed by atoms with E-state index < -0.39 is 0 Å². The first-order valence-electron chi connectivity index (χ1n) is 5.52.